The Labute approximate surface area is 121 Å². The topological polar surface area (TPSA) is 69.6 Å². The Kier molecular flexibility index (Phi) is 5.84. The molecule has 0 aromatic carbocycles. The van der Waals surface area contributed by atoms with E-state index in [9.17, 15) is 14.7 Å². The smallest absolute Gasteiger partial charge is 0.329 e. The Bertz CT molecular complexity index is 349. The number of hydrogen-bond donors (Lipinski definition) is 2. The molecule has 1 saturated carbocycles. The van der Waals surface area contributed by atoms with E-state index in [0.29, 0.717) is 5.92 Å². The Morgan fingerprint density at radius 3 is 2.30 bits per heavy atom. The van der Waals surface area contributed by atoms with Crippen molar-refractivity contribution in [3.63, 3.8) is 0 Å². The van der Waals surface area contributed by atoms with Gasteiger partial charge in [-0.25, -0.2) is 9.59 Å². The van der Waals surface area contributed by atoms with E-state index in [1.54, 1.807) is 0 Å². The van der Waals surface area contributed by atoms with Crippen LogP contribution in [0.4, 0.5) is 4.79 Å². The Hall–Kier alpha value is -1.26. The molecule has 0 heterocycles. The monoisotopic (exact) mass is 284 g/mol. The molecule has 0 saturated heterocycles. The molecular formula is C15H28N2O3. The van der Waals surface area contributed by atoms with Gasteiger partial charge in [0, 0.05) is 13.1 Å². The van der Waals surface area contributed by atoms with Crippen LogP contribution < -0.4 is 5.32 Å². The molecule has 2 amide bonds. The predicted octanol–water partition coefficient (Wildman–Crippen LogP) is 2.85. The van der Waals surface area contributed by atoms with Crippen LogP contribution in [-0.4, -0.2) is 40.6 Å². The number of nitrogens with one attached hydrogen (secondary N) is 1. The molecule has 1 unspecified atom stereocenters. The van der Waals surface area contributed by atoms with Gasteiger partial charge < -0.3 is 15.3 Å². The van der Waals surface area contributed by atoms with Crippen molar-refractivity contribution in [2.24, 2.45) is 5.92 Å². The molecule has 116 valence electrons. The Balaban J connectivity index is 2.64. The van der Waals surface area contributed by atoms with E-state index in [1.165, 1.54) is 45.1 Å². The first kappa shape index (κ1) is 16.8. The van der Waals surface area contributed by atoms with Crippen molar-refractivity contribution in [1.82, 2.24) is 10.2 Å². The lowest BCUT2D eigenvalue weighted by atomic mass is 9.83. The van der Waals surface area contributed by atoms with Crippen molar-refractivity contribution in [3.05, 3.63) is 0 Å². The minimum absolute atomic E-state index is 0.148. The van der Waals surface area contributed by atoms with Crippen LogP contribution in [0, 0.1) is 5.92 Å². The summed E-state index contributed by atoms with van der Waals surface area (Å²) in [6.07, 6.45) is 6.95. The molecule has 0 aromatic rings. The van der Waals surface area contributed by atoms with Gasteiger partial charge in [-0.15, -0.1) is 0 Å². The van der Waals surface area contributed by atoms with E-state index < -0.39 is 11.5 Å². The molecule has 0 bridgehead atoms. The SMILES string of the molecule is CCC(NC(=O)N(C)C(C)(C)C(=O)O)C1CCCCC1. The van der Waals surface area contributed by atoms with Crippen LogP contribution in [0.1, 0.15) is 59.3 Å². The second kappa shape index (κ2) is 6.95. The maximum atomic E-state index is 12.3. The zero-order valence-electron chi connectivity index (χ0n) is 13.1. The summed E-state index contributed by atoms with van der Waals surface area (Å²) in [4.78, 5) is 24.7. The summed E-state index contributed by atoms with van der Waals surface area (Å²) < 4.78 is 0. The van der Waals surface area contributed by atoms with E-state index in [1.807, 2.05) is 0 Å². The number of rotatable bonds is 5. The van der Waals surface area contributed by atoms with Crippen molar-refractivity contribution in [2.45, 2.75) is 70.9 Å². The summed E-state index contributed by atoms with van der Waals surface area (Å²) in [5.41, 5.74) is -1.20. The van der Waals surface area contributed by atoms with Gasteiger partial charge in [-0.3, -0.25) is 0 Å². The molecule has 1 aliphatic carbocycles. The van der Waals surface area contributed by atoms with Crippen molar-refractivity contribution in [2.75, 3.05) is 7.05 Å². The van der Waals surface area contributed by atoms with Crippen molar-refractivity contribution in [1.29, 1.82) is 0 Å². The number of carbonyl (C=O) groups is 2. The fourth-order valence-electron chi connectivity index (χ4n) is 2.74. The summed E-state index contributed by atoms with van der Waals surface area (Å²) in [5, 5.41) is 12.2. The molecule has 1 fully saturated rings. The lowest BCUT2D eigenvalue weighted by molar-refractivity contribution is -0.146. The second-order valence-corrected chi connectivity index (χ2v) is 6.29. The first-order chi connectivity index (χ1) is 9.30. The number of nitrogens with zero attached hydrogens (tertiary/aromatic N) is 1. The lowest BCUT2D eigenvalue weighted by Gasteiger charge is -2.35. The third-order valence-electron chi connectivity index (χ3n) is 4.63. The number of carboxylic acids is 1. The maximum Gasteiger partial charge on any atom is 0.329 e. The van der Waals surface area contributed by atoms with E-state index in [2.05, 4.69) is 12.2 Å². The van der Waals surface area contributed by atoms with Gasteiger partial charge >= 0.3 is 12.0 Å². The van der Waals surface area contributed by atoms with Gasteiger partial charge in [0.2, 0.25) is 0 Å². The fourth-order valence-corrected chi connectivity index (χ4v) is 2.74. The van der Waals surface area contributed by atoms with Gasteiger partial charge in [0.05, 0.1) is 0 Å². The first-order valence-corrected chi connectivity index (χ1v) is 7.58. The van der Waals surface area contributed by atoms with E-state index >= 15 is 0 Å². The molecule has 1 rings (SSSR count). The normalized spacial score (nSPS) is 18.4. The molecule has 2 N–H and O–H groups in total. The summed E-state index contributed by atoms with van der Waals surface area (Å²) in [5.74, 6) is -0.472. The minimum Gasteiger partial charge on any atom is -0.480 e. The van der Waals surface area contributed by atoms with Crippen LogP contribution in [-0.2, 0) is 4.79 Å². The molecule has 5 nitrogen and oxygen atoms in total. The van der Waals surface area contributed by atoms with E-state index in [4.69, 9.17) is 0 Å². The maximum absolute atomic E-state index is 12.3. The molecule has 20 heavy (non-hydrogen) atoms. The van der Waals surface area contributed by atoms with Crippen molar-refractivity contribution in [3.8, 4) is 0 Å². The van der Waals surface area contributed by atoms with Gasteiger partial charge in [-0.05, 0) is 39.0 Å². The van der Waals surface area contributed by atoms with Gasteiger partial charge in [-0.2, -0.15) is 0 Å². The molecule has 0 aromatic heterocycles. The van der Waals surface area contributed by atoms with Crippen LogP contribution in [0.5, 0.6) is 0 Å². The molecule has 5 heteroatoms. The summed E-state index contributed by atoms with van der Waals surface area (Å²) in [6, 6.07) is -0.148. The van der Waals surface area contributed by atoms with E-state index in [0.717, 1.165) is 19.3 Å². The molecule has 0 aliphatic heterocycles. The van der Waals surface area contributed by atoms with Crippen LogP contribution >= 0.6 is 0 Å². The average molecular weight is 284 g/mol. The number of hydrogen-bond acceptors (Lipinski definition) is 2. The highest BCUT2D eigenvalue weighted by Crippen LogP contribution is 2.28. The third kappa shape index (κ3) is 3.87. The molecule has 1 atom stereocenters. The Morgan fingerprint density at radius 2 is 1.85 bits per heavy atom. The standard InChI is InChI=1S/C15H28N2O3/c1-5-12(11-9-7-6-8-10-11)16-14(20)17(4)15(2,3)13(18)19/h11-12H,5-10H2,1-4H3,(H,16,20)(H,18,19). The number of urea groups is 1. The zero-order chi connectivity index (χ0) is 15.3. The molecular weight excluding hydrogens is 256 g/mol. The third-order valence-corrected chi connectivity index (χ3v) is 4.63. The van der Waals surface area contributed by atoms with Crippen molar-refractivity contribution >= 4 is 12.0 Å². The molecule has 0 radical (unpaired) electrons. The van der Waals surface area contributed by atoms with Crippen molar-refractivity contribution < 1.29 is 14.7 Å². The van der Waals surface area contributed by atoms with Gasteiger partial charge in [-0.1, -0.05) is 26.2 Å². The quantitative estimate of drug-likeness (QED) is 0.815. The molecule has 0 spiro atoms. The van der Waals surface area contributed by atoms with E-state index in [-0.39, 0.29) is 12.1 Å². The van der Waals surface area contributed by atoms with Gasteiger partial charge in [0.1, 0.15) is 5.54 Å². The largest absolute Gasteiger partial charge is 0.480 e. The molecule has 1 aliphatic rings. The Morgan fingerprint density at radius 1 is 1.30 bits per heavy atom. The lowest BCUT2D eigenvalue weighted by Crippen LogP contribution is -2.56. The summed E-state index contributed by atoms with van der Waals surface area (Å²) >= 11 is 0. The average Bonchev–Trinajstić information content (AvgIpc) is 2.44. The van der Waals surface area contributed by atoms with Gasteiger partial charge in [0.15, 0.2) is 0 Å². The highest BCUT2D eigenvalue weighted by Gasteiger charge is 2.36. The fraction of sp³-hybridized carbons (Fsp3) is 0.867. The number of aliphatic carboxylic acids is 1. The van der Waals surface area contributed by atoms with Crippen LogP contribution in [0.25, 0.3) is 0 Å². The second-order valence-electron chi connectivity index (χ2n) is 6.29. The predicted molar refractivity (Wildman–Crippen MR) is 78.7 cm³/mol. The highest BCUT2D eigenvalue weighted by molar-refractivity contribution is 5.85. The van der Waals surface area contributed by atoms with Gasteiger partial charge in [0.25, 0.3) is 0 Å². The number of amides is 2. The van der Waals surface area contributed by atoms with Crippen LogP contribution in [0.3, 0.4) is 0 Å². The number of carbonyl (C=O) groups excluding carboxylic acids is 1. The van der Waals surface area contributed by atoms with Crippen LogP contribution in [0.2, 0.25) is 0 Å². The summed E-state index contributed by atoms with van der Waals surface area (Å²) in [7, 11) is 1.54. The zero-order valence-corrected chi connectivity index (χ0v) is 13.1. The highest BCUT2D eigenvalue weighted by atomic mass is 16.4. The first-order valence-electron chi connectivity index (χ1n) is 7.58. The number of carboxylic acid groups (broad SMARTS) is 1. The van der Waals surface area contributed by atoms with Crippen LogP contribution in [0.15, 0.2) is 0 Å². The summed E-state index contributed by atoms with van der Waals surface area (Å²) in [6.45, 7) is 5.15. The minimum atomic E-state index is -1.20. The number of likely N-dealkylation sites (N-methyl/N-ethyl adjacent to an activating group) is 1.